The lowest BCUT2D eigenvalue weighted by atomic mass is 10.2. The number of benzene rings is 1. The third-order valence-electron chi connectivity index (χ3n) is 1.64. The molecule has 7 heteroatoms. The Hall–Kier alpha value is -1.25. The van der Waals surface area contributed by atoms with Crippen LogP contribution >= 0.6 is 22.6 Å². The third kappa shape index (κ3) is 2.41. The van der Waals surface area contributed by atoms with Crippen molar-refractivity contribution in [3.63, 3.8) is 0 Å². The fourth-order valence-corrected chi connectivity index (χ4v) is 1.41. The van der Waals surface area contributed by atoms with Crippen LogP contribution in [0, 0.1) is 19.5 Å². The smallest absolute Gasteiger partial charge is 0.344 e. The zero-order chi connectivity index (χ0) is 11.6. The van der Waals surface area contributed by atoms with Crippen molar-refractivity contribution in [2.45, 2.75) is 0 Å². The van der Waals surface area contributed by atoms with Gasteiger partial charge in [-0.1, -0.05) is 0 Å². The lowest BCUT2D eigenvalue weighted by molar-refractivity contribution is -0.385. The molecule has 0 N–H and O–H groups in total. The van der Waals surface area contributed by atoms with E-state index in [1.807, 2.05) is 0 Å². The molecule has 0 aromatic heterocycles. The first-order valence-corrected chi connectivity index (χ1v) is 4.77. The molecule has 0 heterocycles. The topological polar surface area (TPSA) is 69.4 Å². The van der Waals surface area contributed by atoms with Gasteiger partial charge in [-0.25, -0.2) is 9.18 Å². The van der Waals surface area contributed by atoms with Crippen LogP contribution < -0.4 is 0 Å². The summed E-state index contributed by atoms with van der Waals surface area (Å²) in [5.74, 6) is -1.63. The molecule has 0 amide bonds. The second-order valence-corrected chi connectivity index (χ2v) is 3.69. The summed E-state index contributed by atoms with van der Waals surface area (Å²) in [4.78, 5) is 20.9. The summed E-state index contributed by atoms with van der Waals surface area (Å²) in [5, 5.41) is 10.6. The number of hydrogen-bond donors (Lipinski definition) is 0. The van der Waals surface area contributed by atoms with E-state index in [1.165, 1.54) is 0 Å². The summed E-state index contributed by atoms with van der Waals surface area (Å²) < 4.78 is 17.5. The molecule has 0 aliphatic heterocycles. The summed E-state index contributed by atoms with van der Waals surface area (Å²) >= 11 is 1.60. The minimum absolute atomic E-state index is 0.0759. The van der Waals surface area contributed by atoms with E-state index in [4.69, 9.17) is 0 Å². The van der Waals surface area contributed by atoms with Crippen molar-refractivity contribution in [3.05, 3.63) is 37.2 Å². The van der Waals surface area contributed by atoms with Crippen LogP contribution in [0.15, 0.2) is 12.1 Å². The van der Waals surface area contributed by atoms with Crippen LogP contribution in [0.1, 0.15) is 10.4 Å². The first kappa shape index (κ1) is 11.8. The molecule has 80 valence electrons. The molecule has 0 saturated carbocycles. The molecule has 0 aliphatic carbocycles. The van der Waals surface area contributed by atoms with Crippen molar-refractivity contribution in [2.24, 2.45) is 0 Å². The van der Waals surface area contributed by atoms with Gasteiger partial charge >= 0.3 is 5.97 Å². The Bertz CT molecular complexity index is 435. The zero-order valence-corrected chi connectivity index (χ0v) is 9.65. The number of nitro groups is 1. The molecule has 0 saturated heterocycles. The van der Waals surface area contributed by atoms with Crippen molar-refractivity contribution >= 4 is 34.2 Å². The number of halogens is 2. The van der Waals surface area contributed by atoms with Crippen molar-refractivity contribution in [2.75, 3.05) is 7.11 Å². The second-order valence-electron chi connectivity index (χ2n) is 2.53. The Morgan fingerprint density at radius 3 is 2.67 bits per heavy atom. The van der Waals surface area contributed by atoms with Crippen molar-refractivity contribution in [1.82, 2.24) is 0 Å². The highest BCUT2D eigenvalue weighted by Gasteiger charge is 2.23. The SMILES string of the molecule is COC(=O)c1cc(F)c(I)cc1[N+](=O)[O-]. The van der Waals surface area contributed by atoms with Gasteiger partial charge in [0.1, 0.15) is 11.4 Å². The van der Waals surface area contributed by atoms with Crippen LogP contribution in [0.2, 0.25) is 0 Å². The minimum Gasteiger partial charge on any atom is -0.465 e. The Balaban J connectivity index is 3.41. The number of carbonyl (C=O) groups excluding carboxylic acids is 1. The number of hydrogen-bond acceptors (Lipinski definition) is 4. The number of methoxy groups -OCH3 is 1. The summed E-state index contributed by atoms with van der Waals surface area (Å²) in [7, 11) is 1.07. The van der Waals surface area contributed by atoms with Gasteiger partial charge in [0.15, 0.2) is 0 Å². The fourth-order valence-electron chi connectivity index (χ4n) is 0.961. The summed E-state index contributed by atoms with van der Waals surface area (Å²) in [6.07, 6.45) is 0. The quantitative estimate of drug-likeness (QED) is 0.361. The molecule has 1 aromatic rings. The molecule has 0 aliphatic rings. The first-order chi connectivity index (χ1) is 6.97. The van der Waals surface area contributed by atoms with Crippen molar-refractivity contribution in [1.29, 1.82) is 0 Å². The molecule has 0 spiro atoms. The van der Waals surface area contributed by atoms with Crippen molar-refractivity contribution in [3.8, 4) is 0 Å². The van der Waals surface area contributed by atoms with Crippen molar-refractivity contribution < 1.29 is 18.8 Å². The normalized spacial score (nSPS) is 9.80. The van der Waals surface area contributed by atoms with Gasteiger partial charge in [0.2, 0.25) is 0 Å². The van der Waals surface area contributed by atoms with E-state index in [-0.39, 0.29) is 9.13 Å². The molecule has 0 fully saturated rings. The van der Waals surface area contributed by atoms with E-state index in [2.05, 4.69) is 4.74 Å². The first-order valence-electron chi connectivity index (χ1n) is 3.69. The molecule has 15 heavy (non-hydrogen) atoms. The molecule has 0 unspecified atom stereocenters. The highest BCUT2D eigenvalue weighted by molar-refractivity contribution is 14.1. The number of nitro benzene ring substituents is 1. The van der Waals surface area contributed by atoms with Crippen LogP contribution in [0.25, 0.3) is 0 Å². The lowest BCUT2D eigenvalue weighted by Gasteiger charge is -2.02. The van der Waals surface area contributed by atoms with Crippen LogP contribution in [-0.4, -0.2) is 18.0 Å². The predicted molar refractivity (Wildman–Crippen MR) is 57.1 cm³/mol. The fraction of sp³-hybridized carbons (Fsp3) is 0.125. The van der Waals surface area contributed by atoms with Gasteiger partial charge in [0, 0.05) is 6.07 Å². The van der Waals surface area contributed by atoms with Gasteiger partial charge in [0.25, 0.3) is 5.69 Å². The Morgan fingerprint density at radius 2 is 2.20 bits per heavy atom. The lowest BCUT2D eigenvalue weighted by Crippen LogP contribution is -2.07. The minimum atomic E-state index is -0.933. The second kappa shape index (κ2) is 4.51. The summed E-state index contributed by atoms with van der Waals surface area (Å²) in [5.41, 5.74) is -0.854. The summed E-state index contributed by atoms with van der Waals surface area (Å²) in [6, 6.07) is 1.79. The number of rotatable bonds is 2. The number of nitrogens with zero attached hydrogens (tertiary/aromatic N) is 1. The van der Waals surface area contributed by atoms with E-state index in [1.54, 1.807) is 22.6 Å². The van der Waals surface area contributed by atoms with E-state index in [0.717, 1.165) is 19.2 Å². The zero-order valence-electron chi connectivity index (χ0n) is 7.49. The molecule has 5 nitrogen and oxygen atoms in total. The van der Waals surface area contributed by atoms with Gasteiger partial charge in [-0.15, -0.1) is 0 Å². The number of esters is 1. The molecular weight excluding hydrogens is 320 g/mol. The maximum Gasteiger partial charge on any atom is 0.344 e. The Kier molecular flexibility index (Phi) is 3.56. The Labute approximate surface area is 97.5 Å². The molecular formula is C8H5FINO4. The van der Waals surface area contributed by atoms with Crippen LogP contribution in [0.4, 0.5) is 10.1 Å². The van der Waals surface area contributed by atoms with Gasteiger partial charge in [-0.3, -0.25) is 10.1 Å². The van der Waals surface area contributed by atoms with E-state index >= 15 is 0 Å². The average Bonchev–Trinajstić information content (AvgIpc) is 2.20. The van der Waals surface area contributed by atoms with Crippen LogP contribution in [0.3, 0.4) is 0 Å². The molecule has 0 radical (unpaired) electrons. The largest absolute Gasteiger partial charge is 0.465 e. The standard InChI is InChI=1S/C8H5FINO4/c1-15-8(12)4-2-5(9)6(10)3-7(4)11(13)14/h2-3H,1H3. The maximum absolute atomic E-state index is 13.1. The highest BCUT2D eigenvalue weighted by atomic mass is 127. The third-order valence-corrected chi connectivity index (χ3v) is 2.47. The van der Waals surface area contributed by atoms with Gasteiger partial charge in [0.05, 0.1) is 15.6 Å². The number of carbonyl (C=O) groups is 1. The van der Waals surface area contributed by atoms with E-state index < -0.39 is 22.4 Å². The van der Waals surface area contributed by atoms with Gasteiger partial charge < -0.3 is 4.74 Å². The molecule has 0 bridgehead atoms. The molecule has 0 atom stereocenters. The monoisotopic (exact) mass is 325 g/mol. The maximum atomic E-state index is 13.1. The van der Waals surface area contributed by atoms with Gasteiger partial charge in [-0.2, -0.15) is 0 Å². The van der Waals surface area contributed by atoms with E-state index in [9.17, 15) is 19.3 Å². The van der Waals surface area contributed by atoms with E-state index in [0.29, 0.717) is 0 Å². The number of ether oxygens (including phenoxy) is 1. The summed E-state index contributed by atoms with van der Waals surface area (Å²) in [6.45, 7) is 0. The average molecular weight is 325 g/mol. The highest BCUT2D eigenvalue weighted by Crippen LogP contribution is 2.24. The van der Waals surface area contributed by atoms with Gasteiger partial charge in [-0.05, 0) is 28.7 Å². The van der Waals surface area contributed by atoms with Crippen LogP contribution in [0.5, 0.6) is 0 Å². The molecule has 1 aromatic carbocycles. The molecule has 1 rings (SSSR count). The van der Waals surface area contributed by atoms with Crippen LogP contribution in [-0.2, 0) is 4.74 Å². The Morgan fingerprint density at radius 1 is 1.60 bits per heavy atom. The predicted octanol–water partition coefficient (Wildman–Crippen LogP) is 2.13.